The molecule has 0 saturated carbocycles. The predicted molar refractivity (Wildman–Crippen MR) is 79.6 cm³/mol. The zero-order valence-electron chi connectivity index (χ0n) is 12.2. The molecule has 118 valence electrons. The van der Waals surface area contributed by atoms with Gasteiger partial charge in [0.2, 0.25) is 0 Å². The van der Waals surface area contributed by atoms with Crippen LogP contribution in [0.4, 0.5) is 10.7 Å². The zero-order valence-corrected chi connectivity index (χ0v) is 12.2. The second-order valence-electron chi connectivity index (χ2n) is 5.65. The fourth-order valence-corrected chi connectivity index (χ4v) is 3.55. The zero-order chi connectivity index (χ0) is 15.9. The first-order chi connectivity index (χ1) is 11.2. The molecule has 2 aromatic rings. The summed E-state index contributed by atoms with van der Waals surface area (Å²) in [5.74, 6) is -0.416. The Kier molecular flexibility index (Phi) is 3.08. The number of benzene rings is 1. The van der Waals surface area contributed by atoms with E-state index in [2.05, 4.69) is 31.3 Å². The van der Waals surface area contributed by atoms with Crippen LogP contribution < -0.4 is 15.5 Å². The number of rotatable bonds is 2. The number of nitrogens with zero attached hydrogens (tertiary/aromatic N) is 4. The summed E-state index contributed by atoms with van der Waals surface area (Å²) in [5.41, 5.74) is -0.0638. The van der Waals surface area contributed by atoms with Gasteiger partial charge in [-0.05, 0) is 23.7 Å². The lowest BCUT2D eigenvalue weighted by atomic mass is 9.73. The molecule has 2 atom stereocenters. The van der Waals surface area contributed by atoms with E-state index in [0.29, 0.717) is 19.5 Å². The lowest BCUT2D eigenvalue weighted by Gasteiger charge is -2.43. The fourth-order valence-electron chi connectivity index (χ4n) is 3.55. The molecule has 23 heavy (non-hydrogen) atoms. The molecule has 3 amide bonds. The van der Waals surface area contributed by atoms with E-state index in [9.17, 15) is 9.59 Å². The van der Waals surface area contributed by atoms with Crippen molar-refractivity contribution in [3.8, 4) is 0 Å². The molecular formula is C14H15N7O2. The summed E-state index contributed by atoms with van der Waals surface area (Å²) in [6.45, 7) is 1.21. The number of nitrogens with one attached hydrogen (secondary N) is 3. The number of aromatic amines is 1. The van der Waals surface area contributed by atoms with E-state index in [1.807, 2.05) is 30.3 Å². The molecule has 3 N–H and O–H groups in total. The molecule has 9 heteroatoms. The van der Waals surface area contributed by atoms with Crippen LogP contribution in [-0.4, -0.2) is 51.2 Å². The Balaban J connectivity index is 1.86. The van der Waals surface area contributed by atoms with Gasteiger partial charge >= 0.3 is 6.03 Å². The molecule has 4 rings (SSSR count). The van der Waals surface area contributed by atoms with Crippen molar-refractivity contribution in [1.82, 2.24) is 31.3 Å². The number of hydrogen-bond donors (Lipinski definition) is 3. The summed E-state index contributed by atoms with van der Waals surface area (Å²) >= 11 is 0. The average molecular weight is 313 g/mol. The molecule has 2 saturated heterocycles. The van der Waals surface area contributed by atoms with E-state index in [-0.39, 0.29) is 17.8 Å². The largest absolute Gasteiger partial charge is 0.332 e. The van der Waals surface area contributed by atoms with Crippen molar-refractivity contribution in [3.05, 3.63) is 35.9 Å². The second kappa shape index (κ2) is 5.13. The minimum Gasteiger partial charge on any atom is -0.316 e. The lowest BCUT2D eigenvalue weighted by Crippen LogP contribution is -2.61. The minimum absolute atomic E-state index is 0.108. The predicted octanol–water partition coefficient (Wildman–Crippen LogP) is -0.228. The van der Waals surface area contributed by atoms with Crippen LogP contribution in [0.15, 0.2) is 30.3 Å². The topological polar surface area (TPSA) is 116 Å². The summed E-state index contributed by atoms with van der Waals surface area (Å²) in [6.07, 6.45) is 0.471. The number of urea groups is 1. The van der Waals surface area contributed by atoms with Crippen molar-refractivity contribution >= 4 is 17.9 Å². The first-order valence-corrected chi connectivity index (χ1v) is 7.38. The van der Waals surface area contributed by atoms with Crippen LogP contribution in [0.2, 0.25) is 0 Å². The average Bonchev–Trinajstić information content (AvgIpc) is 3.17. The van der Waals surface area contributed by atoms with E-state index >= 15 is 0 Å². The smallest absolute Gasteiger partial charge is 0.316 e. The molecule has 2 aliphatic rings. The third-order valence-electron chi connectivity index (χ3n) is 4.56. The van der Waals surface area contributed by atoms with Gasteiger partial charge in [-0.25, -0.2) is 9.69 Å². The highest BCUT2D eigenvalue weighted by molar-refractivity contribution is 6.16. The minimum atomic E-state index is -1.05. The molecule has 9 nitrogen and oxygen atoms in total. The number of aromatic nitrogens is 4. The number of tetrazole rings is 1. The molecule has 0 bridgehead atoms. The molecule has 2 aliphatic heterocycles. The Labute approximate surface area is 131 Å². The van der Waals surface area contributed by atoms with Crippen LogP contribution >= 0.6 is 0 Å². The molecule has 1 aromatic heterocycles. The van der Waals surface area contributed by atoms with E-state index < -0.39 is 11.6 Å². The molecule has 1 aromatic carbocycles. The number of imide groups is 1. The number of amides is 3. The summed E-state index contributed by atoms with van der Waals surface area (Å²) < 4.78 is 0. The molecule has 3 heterocycles. The number of anilines is 1. The van der Waals surface area contributed by atoms with Gasteiger partial charge in [0.1, 0.15) is 5.54 Å². The SMILES string of the molecule is O=C1NC(=O)C2(CCNCC2c2ccccc2)N1c1nn[nH]n1. The van der Waals surface area contributed by atoms with Crippen molar-refractivity contribution in [3.63, 3.8) is 0 Å². The molecule has 2 fully saturated rings. The van der Waals surface area contributed by atoms with Crippen molar-refractivity contribution in [2.45, 2.75) is 17.9 Å². The van der Waals surface area contributed by atoms with Gasteiger partial charge in [0.25, 0.3) is 11.9 Å². The number of hydrogen-bond acceptors (Lipinski definition) is 6. The van der Waals surface area contributed by atoms with Gasteiger partial charge < -0.3 is 5.32 Å². The molecule has 0 radical (unpaired) electrons. The third-order valence-corrected chi connectivity index (χ3v) is 4.56. The van der Waals surface area contributed by atoms with E-state index in [1.165, 1.54) is 4.90 Å². The Morgan fingerprint density at radius 2 is 2.04 bits per heavy atom. The molecular weight excluding hydrogens is 298 g/mol. The van der Waals surface area contributed by atoms with Crippen LogP contribution in [0.3, 0.4) is 0 Å². The fraction of sp³-hybridized carbons (Fsp3) is 0.357. The van der Waals surface area contributed by atoms with Gasteiger partial charge in [-0.2, -0.15) is 5.21 Å². The van der Waals surface area contributed by atoms with Gasteiger partial charge in [0.05, 0.1) is 0 Å². The Hall–Kier alpha value is -2.81. The van der Waals surface area contributed by atoms with Crippen molar-refractivity contribution < 1.29 is 9.59 Å². The summed E-state index contributed by atoms with van der Waals surface area (Å²) in [4.78, 5) is 26.5. The number of piperidine rings is 1. The van der Waals surface area contributed by atoms with Crippen LogP contribution in [-0.2, 0) is 4.79 Å². The highest BCUT2D eigenvalue weighted by Crippen LogP contribution is 2.42. The van der Waals surface area contributed by atoms with E-state index in [1.54, 1.807) is 0 Å². The Morgan fingerprint density at radius 3 is 2.78 bits per heavy atom. The van der Waals surface area contributed by atoms with Crippen molar-refractivity contribution in [2.75, 3.05) is 18.0 Å². The second-order valence-corrected chi connectivity index (χ2v) is 5.65. The monoisotopic (exact) mass is 313 g/mol. The quantitative estimate of drug-likeness (QED) is 0.660. The standard InChI is InChI=1S/C14H15N7O2/c22-11-14(21(13(23)16-11)12-17-19-20-18-12)6-7-15-8-10(14)9-4-2-1-3-5-9/h1-5,10,15H,6-8H2,(H,16,22,23)(H,17,18,19,20). The third kappa shape index (κ3) is 1.93. The van der Waals surface area contributed by atoms with E-state index in [0.717, 1.165) is 5.56 Å². The van der Waals surface area contributed by atoms with Gasteiger partial charge in [0, 0.05) is 12.5 Å². The number of carbonyl (C=O) groups is 2. The Morgan fingerprint density at radius 1 is 1.22 bits per heavy atom. The summed E-state index contributed by atoms with van der Waals surface area (Å²) in [6, 6.07) is 9.17. The van der Waals surface area contributed by atoms with Crippen molar-refractivity contribution in [2.24, 2.45) is 0 Å². The first-order valence-electron chi connectivity index (χ1n) is 7.38. The summed E-state index contributed by atoms with van der Waals surface area (Å²) in [5, 5.41) is 19.4. The van der Waals surface area contributed by atoms with Crippen LogP contribution in [0.25, 0.3) is 0 Å². The van der Waals surface area contributed by atoms with Crippen LogP contribution in [0.1, 0.15) is 17.9 Å². The maximum absolute atomic E-state index is 12.8. The van der Waals surface area contributed by atoms with E-state index in [4.69, 9.17) is 0 Å². The Bertz CT molecular complexity index is 733. The van der Waals surface area contributed by atoms with Gasteiger partial charge in [0.15, 0.2) is 0 Å². The van der Waals surface area contributed by atoms with Crippen LogP contribution in [0.5, 0.6) is 0 Å². The lowest BCUT2D eigenvalue weighted by molar-refractivity contribution is -0.124. The molecule has 1 spiro atoms. The maximum atomic E-state index is 12.8. The molecule has 2 unspecified atom stereocenters. The highest BCUT2D eigenvalue weighted by Gasteiger charge is 2.60. The number of H-pyrrole nitrogens is 1. The number of carbonyl (C=O) groups excluding carboxylic acids is 2. The van der Waals surface area contributed by atoms with Gasteiger partial charge in [-0.1, -0.05) is 35.4 Å². The van der Waals surface area contributed by atoms with Crippen molar-refractivity contribution in [1.29, 1.82) is 0 Å². The normalized spacial score (nSPS) is 27.5. The summed E-state index contributed by atoms with van der Waals surface area (Å²) in [7, 11) is 0. The molecule has 0 aliphatic carbocycles. The maximum Gasteiger partial charge on any atom is 0.332 e. The highest BCUT2D eigenvalue weighted by atomic mass is 16.2. The van der Waals surface area contributed by atoms with Gasteiger partial charge in [-0.15, -0.1) is 5.10 Å². The van der Waals surface area contributed by atoms with Crippen LogP contribution in [0, 0.1) is 0 Å². The van der Waals surface area contributed by atoms with Gasteiger partial charge in [-0.3, -0.25) is 10.1 Å². The first kappa shape index (κ1) is 13.8.